The average Bonchev–Trinajstić information content (AvgIpc) is 2.30. The number of nitrogens with zero attached hydrogens (tertiary/aromatic N) is 1. The molecule has 0 aromatic carbocycles. The number of aromatic nitrogens is 1. The Kier molecular flexibility index (Phi) is 3.41. The SMILES string of the molecule is O=C(O)c1cc(C2CCCOC2)cnc1Cl. The highest BCUT2D eigenvalue weighted by Gasteiger charge is 2.19. The van der Waals surface area contributed by atoms with Gasteiger partial charge in [-0.05, 0) is 24.5 Å². The minimum atomic E-state index is -1.05. The molecule has 1 aromatic rings. The first-order valence-corrected chi connectivity index (χ1v) is 5.53. The molecule has 2 heterocycles. The van der Waals surface area contributed by atoms with E-state index in [0.717, 1.165) is 25.0 Å². The molecule has 5 heteroatoms. The number of pyridine rings is 1. The van der Waals surface area contributed by atoms with Gasteiger partial charge >= 0.3 is 5.97 Å². The third kappa shape index (κ3) is 2.33. The molecule has 1 aliphatic rings. The average molecular weight is 242 g/mol. The van der Waals surface area contributed by atoms with Crippen LogP contribution < -0.4 is 0 Å². The summed E-state index contributed by atoms with van der Waals surface area (Å²) in [7, 11) is 0. The lowest BCUT2D eigenvalue weighted by molar-refractivity contribution is 0.0694. The standard InChI is InChI=1S/C11H12ClNO3/c12-10-9(11(14)15)4-8(5-13-10)7-2-1-3-16-6-7/h4-5,7H,1-3,6H2,(H,14,15). The van der Waals surface area contributed by atoms with Gasteiger partial charge in [0, 0.05) is 18.7 Å². The summed E-state index contributed by atoms with van der Waals surface area (Å²) in [6, 6.07) is 1.59. The molecule has 1 N–H and O–H groups in total. The van der Waals surface area contributed by atoms with E-state index in [1.165, 1.54) is 0 Å². The highest BCUT2D eigenvalue weighted by Crippen LogP contribution is 2.27. The quantitative estimate of drug-likeness (QED) is 0.808. The van der Waals surface area contributed by atoms with Gasteiger partial charge in [0.05, 0.1) is 12.2 Å². The van der Waals surface area contributed by atoms with Gasteiger partial charge in [-0.25, -0.2) is 9.78 Å². The molecular formula is C11H12ClNO3. The van der Waals surface area contributed by atoms with Crippen LogP contribution in [0.4, 0.5) is 0 Å². The molecule has 0 radical (unpaired) electrons. The van der Waals surface area contributed by atoms with E-state index in [2.05, 4.69) is 4.98 Å². The molecule has 0 aliphatic carbocycles. The molecule has 4 nitrogen and oxygen atoms in total. The van der Waals surface area contributed by atoms with E-state index in [-0.39, 0.29) is 16.6 Å². The predicted molar refractivity (Wildman–Crippen MR) is 59.0 cm³/mol. The van der Waals surface area contributed by atoms with Gasteiger partial charge in [0.1, 0.15) is 5.15 Å². The van der Waals surface area contributed by atoms with Crippen LogP contribution in [0.15, 0.2) is 12.3 Å². The van der Waals surface area contributed by atoms with Crippen LogP contribution in [0, 0.1) is 0 Å². The third-order valence-electron chi connectivity index (χ3n) is 2.72. The predicted octanol–water partition coefficient (Wildman–Crippen LogP) is 2.33. The third-order valence-corrected chi connectivity index (χ3v) is 3.02. The fourth-order valence-corrected chi connectivity index (χ4v) is 2.03. The van der Waals surface area contributed by atoms with Crippen LogP contribution >= 0.6 is 11.6 Å². The summed E-state index contributed by atoms with van der Waals surface area (Å²) in [6.07, 6.45) is 3.63. The first-order valence-electron chi connectivity index (χ1n) is 5.15. The van der Waals surface area contributed by atoms with E-state index < -0.39 is 5.97 Å². The van der Waals surface area contributed by atoms with Gasteiger partial charge in [0.25, 0.3) is 0 Å². The Bertz CT molecular complexity index is 402. The Morgan fingerprint density at radius 1 is 1.62 bits per heavy atom. The summed E-state index contributed by atoms with van der Waals surface area (Å²) in [5.41, 5.74) is 0.950. The number of carbonyl (C=O) groups is 1. The zero-order valence-electron chi connectivity index (χ0n) is 8.65. The Hall–Kier alpha value is -1.13. The van der Waals surface area contributed by atoms with Crippen molar-refractivity contribution in [1.82, 2.24) is 4.98 Å². The fraction of sp³-hybridized carbons (Fsp3) is 0.455. The lowest BCUT2D eigenvalue weighted by Gasteiger charge is -2.22. The normalized spacial score (nSPS) is 20.7. The molecule has 1 fully saturated rings. The van der Waals surface area contributed by atoms with Crippen molar-refractivity contribution in [3.05, 3.63) is 28.5 Å². The lowest BCUT2D eigenvalue weighted by atomic mass is 9.94. The maximum absolute atomic E-state index is 10.9. The summed E-state index contributed by atoms with van der Waals surface area (Å²) in [5, 5.41) is 8.97. The van der Waals surface area contributed by atoms with Gasteiger partial charge in [-0.3, -0.25) is 0 Å². The first-order chi connectivity index (χ1) is 7.68. The summed E-state index contributed by atoms with van der Waals surface area (Å²) in [6.45, 7) is 1.41. The van der Waals surface area contributed by atoms with Crippen LogP contribution in [-0.2, 0) is 4.74 Å². The molecule has 1 unspecified atom stereocenters. The number of ether oxygens (including phenoxy) is 1. The van der Waals surface area contributed by atoms with Crippen LogP contribution in [0.5, 0.6) is 0 Å². The van der Waals surface area contributed by atoms with Crippen molar-refractivity contribution < 1.29 is 14.6 Å². The molecule has 0 spiro atoms. The van der Waals surface area contributed by atoms with Gasteiger partial charge < -0.3 is 9.84 Å². The van der Waals surface area contributed by atoms with Crippen molar-refractivity contribution in [3.63, 3.8) is 0 Å². The van der Waals surface area contributed by atoms with Crippen LogP contribution in [0.25, 0.3) is 0 Å². The Balaban J connectivity index is 2.27. The second kappa shape index (κ2) is 4.80. The molecule has 1 aliphatic heterocycles. The van der Waals surface area contributed by atoms with E-state index in [4.69, 9.17) is 21.4 Å². The molecule has 1 atom stereocenters. The van der Waals surface area contributed by atoms with E-state index in [1.807, 2.05) is 0 Å². The lowest BCUT2D eigenvalue weighted by Crippen LogP contribution is -2.16. The van der Waals surface area contributed by atoms with Crippen molar-refractivity contribution >= 4 is 17.6 Å². The Labute approximate surface area is 98.2 Å². The zero-order valence-corrected chi connectivity index (χ0v) is 9.41. The molecule has 0 bridgehead atoms. The van der Waals surface area contributed by atoms with Crippen molar-refractivity contribution in [1.29, 1.82) is 0 Å². The van der Waals surface area contributed by atoms with Crippen molar-refractivity contribution in [2.45, 2.75) is 18.8 Å². The van der Waals surface area contributed by atoms with Crippen molar-refractivity contribution in [3.8, 4) is 0 Å². The van der Waals surface area contributed by atoms with E-state index >= 15 is 0 Å². The van der Waals surface area contributed by atoms with E-state index in [0.29, 0.717) is 6.61 Å². The van der Waals surface area contributed by atoms with Gasteiger partial charge in [0.2, 0.25) is 0 Å². The second-order valence-corrected chi connectivity index (χ2v) is 4.18. The maximum atomic E-state index is 10.9. The largest absolute Gasteiger partial charge is 0.478 e. The number of carboxylic acids is 1. The number of hydrogen-bond acceptors (Lipinski definition) is 3. The summed E-state index contributed by atoms with van der Waals surface area (Å²) in [5.74, 6) is -0.812. The first kappa shape index (κ1) is 11.4. The van der Waals surface area contributed by atoms with Crippen molar-refractivity contribution in [2.24, 2.45) is 0 Å². The minimum Gasteiger partial charge on any atom is -0.478 e. The van der Waals surface area contributed by atoms with Gasteiger partial charge in [-0.15, -0.1) is 0 Å². The topological polar surface area (TPSA) is 59.4 Å². The van der Waals surface area contributed by atoms with Crippen molar-refractivity contribution in [2.75, 3.05) is 13.2 Å². The number of aromatic carboxylic acids is 1. The number of halogens is 1. The molecule has 16 heavy (non-hydrogen) atoms. The van der Waals surface area contributed by atoms with E-state index in [1.54, 1.807) is 12.3 Å². The van der Waals surface area contributed by atoms with Gasteiger partial charge in [-0.1, -0.05) is 11.6 Å². The summed E-state index contributed by atoms with van der Waals surface area (Å²) < 4.78 is 5.36. The highest BCUT2D eigenvalue weighted by atomic mass is 35.5. The number of carboxylic acid groups (broad SMARTS) is 1. The number of rotatable bonds is 2. The van der Waals surface area contributed by atoms with Crippen LogP contribution in [0.2, 0.25) is 5.15 Å². The highest BCUT2D eigenvalue weighted by molar-refractivity contribution is 6.32. The van der Waals surface area contributed by atoms with Crippen LogP contribution in [0.3, 0.4) is 0 Å². The molecule has 1 aromatic heterocycles. The summed E-state index contributed by atoms with van der Waals surface area (Å²) >= 11 is 5.71. The molecule has 0 amide bonds. The monoisotopic (exact) mass is 241 g/mol. The minimum absolute atomic E-state index is 0.0352. The second-order valence-electron chi connectivity index (χ2n) is 3.83. The van der Waals surface area contributed by atoms with Crippen LogP contribution in [-0.4, -0.2) is 29.3 Å². The van der Waals surface area contributed by atoms with E-state index in [9.17, 15) is 4.79 Å². The Morgan fingerprint density at radius 2 is 2.44 bits per heavy atom. The molecule has 86 valence electrons. The molecule has 0 saturated carbocycles. The molecular weight excluding hydrogens is 230 g/mol. The Morgan fingerprint density at radius 3 is 3.06 bits per heavy atom. The fourth-order valence-electron chi connectivity index (χ4n) is 1.84. The zero-order chi connectivity index (χ0) is 11.5. The van der Waals surface area contributed by atoms with Gasteiger partial charge in [0.15, 0.2) is 0 Å². The maximum Gasteiger partial charge on any atom is 0.338 e. The smallest absolute Gasteiger partial charge is 0.338 e. The molecule has 2 rings (SSSR count). The summed E-state index contributed by atoms with van der Waals surface area (Å²) in [4.78, 5) is 14.8. The number of hydrogen-bond donors (Lipinski definition) is 1. The molecule has 1 saturated heterocycles. The van der Waals surface area contributed by atoms with Gasteiger partial charge in [-0.2, -0.15) is 0 Å². The van der Waals surface area contributed by atoms with Crippen LogP contribution in [0.1, 0.15) is 34.7 Å².